The molecule has 2 heterocycles. The largest absolute Gasteiger partial charge is 0.306 e. The number of hydrogen-bond acceptors (Lipinski definition) is 4. The molecule has 5 nitrogen and oxygen atoms in total. The number of nitrogens with zero attached hydrogens (tertiary/aromatic N) is 3. The molecule has 0 saturated heterocycles. The molecule has 0 unspecified atom stereocenters. The summed E-state index contributed by atoms with van der Waals surface area (Å²) in [5, 5.41) is 18.2. The Hall–Kier alpha value is -2.13. The van der Waals surface area contributed by atoms with Crippen molar-refractivity contribution in [2.45, 2.75) is 52.5 Å². The first kappa shape index (κ1) is 17.2. The van der Waals surface area contributed by atoms with Gasteiger partial charge < -0.3 is 5.32 Å². The van der Waals surface area contributed by atoms with Crippen LogP contribution in [-0.4, -0.2) is 15.7 Å². The molecule has 2 aromatic rings. The third-order valence-electron chi connectivity index (χ3n) is 3.31. The Bertz CT molecular complexity index is 766. The van der Waals surface area contributed by atoms with Crippen LogP contribution in [0.5, 0.6) is 0 Å². The second kappa shape index (κ2) is 5.82. The van der Waals surface area contributed by atoms with Crippen molar-refractivity contribution in [2.75, 3.05) is 5.32 Å². The molecule has 6 heteroatoms. The molecule has 0 aliphatic heterocycles. The van der Waals surface area contributed by atoms with E-state index in [0.717, 1.165) is 5.69 Å². The number of rotatable bonds is 2. The summed E-state index contributed by atoms with van der Waals surface area (Å²) in [4.78, 5) is 12.9. The standard InChI is InChI=1S/C17H22N4OS/c1-16(2,3)13-8-14(21(20-13)17(4,5)6)19-15(22)12-7-11(9-18)10-23-12/h7-8,10H,1-6H3,(H,19,22). The van der Waals surface area contributed by atoms with E-state index in [2.05, 4.69) is 31.2 Å². The van der Waals surface area contributed by atoms with Crippen LogP contribution in [0.15, 0.2) is 17.5 Å². The van der Waals surface area contributed by atoms with Crippen molar-refractivity contribution < 1.29 is 4.79 Å². The minimum Gasteiger partial charge on any atom is -0.306 e. The number of hydrogen-bond donors (Lipinski definition) is 1. The zero-order valence-corrected chi connectivity index (χ0v) is 15.2. The van der Waals surface area contributed by atoms with Crippen molar-refractivity contribution in [1.29, 1.82) is 5.26 Å². The lowest BCUT2D eigenvalue weighted by Crippen LogP contribution is -2.27. The lowest BCUT2D eigenvalue weighted by atomic mass is 9.92. The van der Waals surface area contributed by atoms with Crippen molar-refractivity contribution in [3.63, 3.8) is 0 Å². The van der Waals surface area contributed by atoms with E-state index in [1.165, 1.54) is 11.3 Å². The summed E-state index contributed by atoms with van der Waals surface area (Å²) >= 11 is 1.26. The van der Waals surface area contributed by atoms with Crippen LogP contribution in [-0.2, 0) is 11.0 Å². The maximum absolute atomic E-state index is 12.4. The smallest absolute Gasteiger partial charge is 0.266 e. The summed E-state index contributed by atoms with van der Waals surface area (Å²) in [5.41, 5.74) is 1.07. The minimum atomic E-state index is -0.251. The molecule has 1 N–H and O–H groups in total. The van der Waals surface area contributed by atoms with Crippen LogP contribution in [0.2, 0.25) is 0 Å². The molecule has 2 aromatic heterocycles. The van der Waals surface area contributed by atoms with Gasteiger partial charge in [-0.2, -0.15) is 10.4 Å². The summed E-state index contributed by atoms with van der Waals surface area (Å²) in [7, 11) is 0. The zero-order chi connectivity index (χ0) is 17.4. The summed E-state index contributed by atoms with van der Waals surface area (Å²) in [6.45, 7) is 12.4. The molecule has 0 aromatic carbocycles. The van der Waals surface area contributed by atoms with Gasteiger partial charge in [-0.3, -0.25) is 4.79 Å². The highest BCUT2D eigenvalue weighted by atomic mass is 32.1. The van der Waals surface area contributed by atoms with Gasteiger partial charge in [0.2, 0.25) is 0 Å². The Morgan fingerprint density at radius 2 is 1.91 bits per heavy atom. The normalized spacial score (nSPS) is 12.0. The van der Waals surface area contributed by atoms with Crippen LogP contribution in [0.25, 0.3) is 0 Å². The highest BCUT2D eigenvalue weighted by molar-refractivity contribution is 7.12. The predicted molar refractivity (Wildman–Crippen MR) is 92.9 cm³/mol. The summed E-state index contributed by atoms with van der Waals surface area (Å²) in [6.07, 6.45) is 0. The molecular formula is C17H22N4OS. The van der Waals surface area contributed by atoms with E-state index in [9.17, 15) is 4.79 Å². The molecule has 0 spiro atoms. The third kappa shape index (κ3) is 3.80. The van der Waals surface area contributed by atoms with E-state index in [1.54, 1.807) is 11.4 Å². The van der Waals surface area contributed by atoms with Crippen molar-refractivity contribution in [1.82, 2.24) is 9.78 Å². The zero-order valence-electron chi connectivity index (χ0n) is 14.4. The van der Waals surface area contributed by atoms with E-state index >= 15 is 0 Å². The monoisotopic (exact) mass is 330 g/mol. The number of aromatic nitrogens is 2. The van der Waals surface area contributed by atoms with Gasteiger partial charge in [0.25, 0.3) is 5.91 Å². The molecular weight excluding hydrogens is 308 g/mol. The lowest BCUT2D eigenvalue weighted by Gasteiger charge is -2.22. The maximum Gasteiger partial charge on any atom is 0.266 e. The number of thiophene rings is 1. The van der Waals surface area contributed by atoms with Gasteiger partial charge in [0.05, 0.1) is 21.7 Å². The Morgan fingerprint density at radius 3 is 2.39 bits per heavy atom. The molecule has 0 bridgehead atoms. The second-order valence-electron chi connectivity index (χ2n) is 7.51. The number of carbonyl (C=O) groups excluding carboxylic acids is 1. The number of anilines is 1. The summed E-state index contributed by atoms with van der Waals surface area (Å²) in [6, 6.07) is 5.56. The number of nitrogens with one attached hydrogen (secondary N) is 1. The van der Waals surface area contributed by atoms with Crippen LogP contribution in [0.4, 0.5) is 5.82 Å². The Labute approximate surface area is 140 Å². The van der Waals surface area contributed by atoms with Crippen LogP contribution >= 0.6 is 11.3 Å². The molecule has 1 amide bonds. The molecule has 0 aliphatic rings. The molecule has 23 heavy (non-hydrogen) atoms. The molecule has 122 valence electrons. The maximum atomic E-state index is 12.4. The van der Waals surface area contributed by atoms with Gasteiger partial charge in [0.1, 0.15) is 11.9 Å². The van der Waals surface area contributed by atoms with Crippen LogP contribution in [0, 0.1) is 11.3 Å². The van der Waals surface area contributed by atoms with E-state index in [4.69, 9.17) is 5.26 Å². The Morgan fingerprint density at radius 1 is 1.26 bits per heavy atom. The highest BCUT2D eigenvalue weighted by Crippen LogP contribution is 2.28. The number of nitriles is 1. The first-order chi connectivity index (χ1) is 10.5. The van der Waals surface area contributed by atoms with E-state index < -0.39 is 0 Å². The quantitative estimate of drug-likeness (QED) is 0.900. The molecule has 0 atom stereocenters. The molecule has 0 aliphatic carbocycles. The fraction of sp³-hybridized carbons (Fsp3) is 0.471. The van der Waals surface area contributed by atoms with Gasteiger partial charge in [-0.15, -0.1) is 11.3 Å². The first-order valence-corrected chi connectivity index (χ1v) is 8.31. The van der Waals surface area contributed by atoms with Gasteiger partial charge >= 0.3 is 0 Å². The highest BCUT2D eigenvalue weighted by Gasteiger charge is 2.26. The molecule has 0 radical (unpaired) electrons. The van der Waals surface area contributed by atoms with E-state index in [0.29, 0.717) is 16.3 Å². The Balaban J connectivity index is 2.36. The Kier molecular flexibility index (Phi) is 4.36. The summed E-state index contributed by atoms with van der Waals surface area (Å²) in [5.74, 6) is 0.446. The van der Waals surface area contributed by atoms with Crippen molar-refractivity contribution in [3.05, 3.63) is 33.6 Å². The van der Waals surface area contributed by atoms with E-state index in [1.807, 2.05) is 37.6 Å². The van der Waals surface area contributed by atoms with E-state index in [-0.39, 0.29) is 16.9 Å². The molecule has 0 saturated carbocycles. The summed E-state index contributed by atoms with van der Waals surface area (Å²) < 4.78 is 1.84. The molecule has 2 rings (SSSR count). The van der Waals surface area contributed by atoms with Gasteiger partial charge in [-0.1, -0.05) is 20.8 Å². The lowest BCUT2D eigenvalue weighted by molar-refractivity contribution is 0.102. The average Bonchev–Trinajstić information content (AvgIpc) is 3.03. The first-order valence-electron chi connectivity index (χ1n) is 7.43. The minimum absolute atomic E-state index is 0.104. The fourth-order valence-corrected chi connectivity index (χ4v) is 2.77. The third-order valence-corrected chi connectivity index (χ3v) is 4.24. The van der Waals surface area contributed by atoms with Gasteiger partial charge in [0, 0.05) is 16.9 Å². The van der Waals surface area contributed by atoms with Crippen molar-refractivity contribution in [2.24, 2.45) is 0 Å². The van der Waals surface area contributed by atoms with Crippen LogP contribution in [0.1, 0.15) is 62.5 Å². The predicted octanol–water partition coefficient (Wildman–Crippen LogP) is 4.12. The molecule has 0 fully saturated rings. The topological polar surface area (TPSA) is 70.7 Å². The van der Waals surface area contributed by atoms with Crippen molar-refractivity contribution >= 4 is 23.1 Å². The van der Waals surface area contributed by atoms with Gasteiger partial charge in [0.15, 0.2) is 0 Å². The van der Waals surface area contributed by atoms with Gasteiger partial charge in [-0.25, -0.2) is 4.68 Å². The van der Waals surface area contributed by atoms with Crippen LogP contribution in [0.3, 0.4) is 0 Å². The average molecular weight is 330 g/mol. The van der Waals surface area contributed by atoms with Crippen molar-refractivity contribution in [3.8, 4) is 6.07 Å². The number of amides is 1. The second-order valence-corrected chi connectivity index (χ2v) is 8.42. The number of carbonyl (C=O) groups is 1. The SMILES string of the molecule is CC(C)(C)c1cc(NC(=O)c2cc(C#N)cs2)n(C(C)(C)C)n1. The fourth-order valence-electron chi connectivity index (χ4n) is 2.04. The van der Waals surface area contributed by atoms with Gasteiger partial charge in [-0.05, 0) is 26.8 Å². The van der Waals surface area contributed by atoms with Crippen LogP contribution < -0.4 is 5.32 Å².